The first-order valence-corrected chi connectivity index (χ1v) is 6.37. The van der Waals surface area contributed by atoms with Crippen molar-refractivity contribution in [2.75, 3.05) is 19.7 Å². The van der Waals surface area contributed by atoms with Crippen molar-refractivity contribution in [1.82, 2.24) is 10.6 Å². The maximum atomic E-state index is 11.7. The minimum absolute atomic E-state index is 0.0870. The van der Waals surface area contributed by atoms with E-state index in [1.165, 1.54) is 12.8 Å². The molecule has 1 aliphatic carbocycles. The lowest BCUT2D eigenvalue weighted by atomic mass is 9.94. The Balaban J connectivity index is 1.63. The molecule has 1 atom stereocenters. The molecular weight excluding hydrogens is 204 g/mol. The van der Waals surface area contributed by atoms with Crippen LogP contribution in [0.4, 0.5) is 0 Å². The van der Waals surface area contributed by atoms with Gasteiger partial charge in [-0.25, -0.2) is 0 Å². The minimum Gasteiger partial charge on any atom is -0.394 e. The Bertz CT molecular complexity index is 245. The van der Waals surface area contributed by atoms with Gasteiger partial charge in [-0.2, -0.15) is 0 Å². The van der Waals surface area contributed by atoms with E-state index < -0.39 is 0 Å². The molecule has 1 aliphatic heterocycles. The molecule has 0 radical (unpaired) electrons. The zero-order chi connectivity index (χ0) is 11.4. The molecular formula is C12H22N2O2. The minimum atomic E-state index is -0.248. The summed E-state index contributed by atoms with van der Waals surface area (Å²) in [4.78, 5) is 11.7. The summed E-state index contributed by atoms with van der Waals surface area (Å²) in [6.45, 7) is 2.26. The molecule has 1 unspecified atom stereocenters. The predicted molar refractivity (Wildman–Crippen MR) is 62.0 cm³/mol. The van der Waals surface area contributed by atoms with E-state index in [1.54, 1.807) is 0 Å². The summed E-state index contributed by atoms with van der Waals surface area (Å²) >= 11 is 0. The molecule has 1 saturated carbocycles. The maximum absolute atomic E-state index is 11.7. The second-order valence-electron chi connectivity index (χ2n) is 5.24. The first-order valence-electron chi connectivity index (χ1n) is 6.37. The SMILES string of the molecule is O=C(CCC1CCCNC1)NC1(CO)CC1. The van der Waals surface area contributed by atoms with E-state index in [4.69, 9.17) is 5.11 Å². The van der Waals surface area contributed by atoms with Crippen LogP contribution in [0, 0.1) is 5.92 Å². The summed E-state index contributed by atoms with van der Waals surface area (Å²) in [5, 5.41) is 15.4. The van der Waals surface area contributed by atoms with Crippen molar-refractivity contribution in [1.29, 1.82) is 0 Å². The highest BCUT2D eigenvalue weighted by atomic mass is 16.3. The molecule has 0 aromatic rings. The molecule has 1 heterocycles. The van der Waals surface area contributed by atoms with Crippen LogP contribution in [0.3, 0.4) is 0 Å². The van der Waals surface area contributed by atoms with Crippen molar-refractivity contribution in [3.63, 3.8) is 0 Å². The lowest BCUT2D eigenvalue weighted by Crippen LogP contribution is -2.40. The highest BCUT2D eigenvalue weighted by Crippen LogP contribution is 2.34. The molecule has 4 heteroatoms. The van der Waals surface area contributed by atoms with Crippen molar-refractivity contribution in [3.05, 3.63) is 0 Å². The fourth-order valence-corrected chi connectivity index (χ4v) is 2.34. The van der Waals surface area contributed by atoms with Gasteiger partial charge in [-0.05, 0) is 51.1 Å². The molecule has 1 amide bonds. The van der Waals surface area contributed by atoms with Gasteiger partial charge in [0.1, 0.15) is 0 Å². The number of hydrogen-bond donors (Lipinski definition) is 3. The van der Waals surface area contributed by atoms with Crippen molar-refractivity contribution in [2.24, 2.45) is 5.92 Å². The van der Waals surface area contributed by atoms with Gasteiger partial charge in [-0.3, -0.25) is 4.79 Å². The summed E-state index contributed by atoms with van der Waals surface area (Å²) in [5.41, 5.74) is -0.248. The van der Waals surface area contributed by atoms with E-state index in [0.29, 0.717) is 12.3 Å². The fraction of sp³-hybridized carbons (Fsp3) is 0.917. The molecule has 3 N–H and O–H groups in total. The molecule has 2 rings (SSSR count). The summed E-state index contributed by atoms with van der Waals surface area (Å²) in [7, 11) is 0. The van der Waals surface area contributed by atoms with Crippen LogP contribution < -0.4 is 10.6 Å². The Morgan fingerprint density at radius 1 is 1.50 bits per heavy atom. The van der Waals surface area contributed by atoms with E-state index in [1.807, 2.05) is 0 Å². The lowest BCUT2D eigenvalue weighted by molar-refractivity contribution is -0.122. The largest absolute Gasteiger partial charge is 0.394 e. The van der Waals surface area contributed by atoms with Gasteiger partial charge in [0.25, 0.3) is 0 Å². The molecule has 0 bridgehead atoms. The van der Waals surface area contributed by atoms with Crippen LogP contribution in [0.15, 0.2) is 0 Å². The highest BCUT2D eigenvalue weighted by Gasteiger charge is 2.43. The third kappa shape index (κ3) is 3.19. The number of carbonyl (C=O) groups excluding carboxylic acids is 1. The molecule has 2 fully saturated rings. The van der Waals surface area contributed by atoms with Crippen molar-refractivity contribution < 1.29 is 9.90 Å². The standard InChI is InChI=1S/C12H22N2O2/c15-9-12(5-6-12)14-11(16)4-3-10-2-1-7-13-8-10/h10,13,15H,1-9H2,(H,14,16). The van der Waals surface area contributed by atoms with Crippen molar-refractivity contribution in [3.8, 4) is 0 Å². The average Bonchev–Trinajstić information content (AvgIpc) is 3.08. The van der Waals surface area contributed by atoms with Crippen LogP contribution in [-0.2, 0) is 4.79 Å². The monoisotopic (exact) mass is 226 g/mol. The molecule has 2 aliphatic rings. The fourth-order valence-electron chi connectivity index (χ4n) is 2.34. The number of aliphatic hydroxyl groups excluding tert-OH is 1. The van der Waals surface area contributed by atoms with Crippen LogP contribution in [0.25, 0.3) is 0 Å². The number of nitrogens with one attached hydrogen (secondary N) is 2. The van der Waals surface area contributed by atoms with Gasteiger partial charge in [0.2, 0.25) is 5.91 Å². The Labute approximate surface area is 96.8 Å². The number of piperidine rings is 1. The average molecular weight is 226 g/mol. The van der Waals surface area contributed by atoms with Crippen molar-refractivity contribution >= 4 is 5.91 Å². The molecule has 1 saturated heterocycles. The van der Waals surface area contributed by atoms with Gasteiger partial charge < -0.3 is 15.7 Å². The van der Waals surface area contributed by atoms with Gasteiger partial charge in [0.05, 0.1) is 12.1 Å². The lowest BCUT2D eigenvalue weighted by Gasteiger charge is -2.22. The third-order valence-electron chi connectivity index (χ3n) is 3.74. The molecule has 0 aromatic heterocycles. The van der Waals surface area contributed by atoms with Crippen LogP contribution in [0.2, 0.25) is 0 Å². The third-order valence-corrected chi connectivity index (χ3v) is 3.74. The molecule has 0 spiro atoms. The van der Waals surface area contributed by atoms with E-state index in [2.05, 4.69) is 10.6 Å². The second-order valence-corrected chi connectivity index (χ2v) is 5.24. The Morgan fingerprint density at radius 3 is 2.88 bits per heavy atom. The number of hydrogen-bond acceptors (Lipinski definition) is 3. The van der Waals surface area contributed by atoms with Gasteiger partial charge in [-0.15, -0.1) is 0 Å². The number of aliphatic hydroxyl groups is 1. The first-order chi connectivity index (χ1) is 7.74. The second kappa shape index (κ2) is 5.15. The zero-order valence-electron chi connectivity index (χ0n) is 9.80. The van der Waals surface area contributed by atoms with E-state index in [9.17, 15) is 4.79 Å². The Hall–Kier alpha value is -0.610. The van der Waals surface area contributed by atoms with Gasteiger partial charge in [-0.1, -0.05) is 0 Å². The summed E-state index contributed by atoms with van der Waals surface area (Å²) in [6, 6.07) is 0. The van der Waals surface area contributed by atoms with Crippen LogP contribution in [0.1, 0.15) is 38.5 Å². The van der Waals surface area contributed by atoms with E-state index in [0.717, 1.165) is 32.4 Å². The first kappa shape index (κ1) is 11.9. The predicted octanol–water partition coefficient (Wildman–Crippen LogP) is 0.407. The highest BCUT2D eigenvalue weighted by molar-refractivity contribution is 5.77. The summed E-state index contributed by atoms with van der Waals surface area (Å²) in [6.07, 6.45) is 5.91. The van der Waals surface area contributed by atoms with Gasteiger partial charge in [0, 0.05) is 6.42 Å². The van der Waals surface area contributed by atoms with Crippen molar-refractivity contribution in [2.45, 2.75) is 44.1 Å². The molecule has 4 nitrogen and oxygen atoms in total. The number of carbonyl (C=O) groups is 1. The van der Waals surface area contributed by atoms with E-state index in [-0.39, 0.29) is 18.1 Å². The van der Waals surface area contributed by atoms with Gasteiger partial charge in [0.15, 0.2) is 0 Å². The topological polar surface area (TPSA) is 61.4 Å². The quantitative estimate of drug-likeness (QED) is 0.636. The molecule has 92 valence electrons. The Kier molecular flexibility index (Phi) is 3.82. The summed E-state index contributed by atoms with van der Waals surface area (Å²) in [5.74, 6) is 0.765. The van der Waals surface area contributed by atoms with Crippen LogP contribution in [-0.4, -0.2) is 36.2 Å². The molecule has 16 heavy (non-hydrogen) atoms. The van der Waals surface area contributed by atoms with Gasteiger partial charge >= 0.3 is 0 Å². The van der Waals surface area contributed by atoms with E-state index >= 15 is 0 Å². The van der Waals surface area contributed by atoms with Crippen LogP contribution in [0.5, 0.6) is 0 Å². The zero-order valence-corrected chi connectivity index (χ0v) is 9.80. The molecule has 0 aromatic carbocycles. The van der Waals surface area contributed by atoms with Crippen LogP contribution >= 0.6 is 0 Å². The normalized spacial score (nSPS) is 27.4. The Morgan fingerprint density at radius 2 is 2.31 bits per heavy atom. The number of amides is 1. The number of rotatable bonds is 5. The maximum Gasteiger partial charge on any atom is 0.220 e. The summed E-state index contributed by atoms with van der Waals surface area (Å²) < 4.78 is 0. The smallest absolute Gasteiger partial charge is 0.220 e.